The van der Waals surface area contributed by atoms with Crippen LogP contribution in [-0.4, -0.2) is 42.0 Å². The normalized spacial score (nSPS) is 29.1. The topological polar surface area (TPSA) is 23.6 Å². The zero-order valence-corrected chi connectivity index (χ0v) is 12.0. The van der Waals surface area contributed by atoms with E-state index in [1.165, 1.54) is 51.4 Å². The lowest BCUT2D eigenvalue weighted by Gasteiger charge is -2.38. The van der Waals surface area contributed by atoms with Gasteiger partial charge in [0.05, 0.1) is 0 Å². The van der Waals surface area contributed by atoms with Crippen LogP contribution >= 0.6 is 0 Å². The number of hydrogen-bond donors (Lipinski definition) is 0. The summed E-state index contributed by atoms with van der Waals surface area (Å²) in [6, 6.07) is 0.761. The predicted molar refractivity (Wildman–Crippen MR) is 74.6 cm³/mol. The van der Waals surface area contributed by atoms with E-state index in [1.807, 2.05) is 11.9 Å². The summed E-state index contributed by atoms with van der Waals surface area (Å²) in [5, 5.41) is 0. The number of carbonyl (C=O) groups is 1. The lowest BCUT2D eigenvalue weighted by molar-refractivity contribution is 0.119. The second-order valence-corrected chi connectivity index (χ2v) is 6.02. The van der Waals surface area contributed by atoms with Crippen molar-refractivity contribution in [3.63, 3.8) is 0 Å². The van der Waals surface area contributed by atoms with Gasteiger partial charge in [-0.15, -0.1) is 0 Å². The number of likely N-dealkylation sites (tertiary alicyclic amines) is 1. The summed E-state index contributed by atoms with van der Waals surface area (Å²) in [7, 11) is 2.01. The van der Waals surface area contributed by atoms with E-state index in [1.54, 1.807) is 0 Å². The van der Waals surface area contributed by atoms with E-state index in [4.69, 9.17) is 0 Å². The quantitative estimate of drug-likeness (QED) is 0.738. The molecule has 0 unspecified atom stereocenters. The van der Waals surface area contributed by atoms with Crippen LogP contribution in [0.5, 0.6) is 0 Å². The molecule has 2 fully saturated rings. The van der Waals surface area contributed by atoms with Gasteiger partial charge in [-0.2, -0.15) is 0 Å². The number of urea groups is 1. The molecule has 0 aromatic rings. The van der Waals surface area contributed by atoms with Crippen LogP contribution < -0.4 is 0 Å². The van der Waals surface area contributed by atoms with Crippen LogP contribution in [0.2, 0.25) is 0 Å². The molecule has 0 radical (unpaired) electrons. The summed E-state index contributed by atoms with van der Waals surface area (Å²) >= 11 is 0. The van der Waals surface area contributed by atoms with Gasteiger partial charge in [-0.1, -0.05) is 13.3 Å². The Labute approximate surface area is 112 Å². The van der Waals surface area contributed by atoms with Gasteiger partial charge in [0.2, 0.25) is 0 Å². The highest BCUT2D eigenvalue weighted by molar-refractivity contribution is 5.74. The van der Waals surface area contributed by atoms with Gasteiger partial charge in [0.1, 0.15) is 0 Å². The smallest absolute Gasteiger partial charge is 0.319 e. The van der Waals surface area contributed by atoms with Crippen LogP contribution in [0.3, 0.4) is 0 Å². The maximum absolute atomic E-state index is 12.4. The molecular formula is C15H28N2O. The van der Waals surface area contributed by atoms with Crippen LogP contribution in [0.25, 0.3) is 0 Å². The third-order valence-electron chi connectivity index (χ3n) is 4.87. The van der Waals surface area contributed by atoms with Crippen LogP contribution in [0.4, 0.5) is 4.79 Å². The second-order valence-electron chi connectivity index (χ2n) is 6.02. The summed E-state index contributed by atoms with van der Waals surface area (Å²) in [5.41, 5.74) is 0. The third-order valence-corrected chi connectivity index (χ3v) is 4.87. The zero-order chi connectivity index (χ0) is 13.0. The highest BCUT2D eigenvalue weighted by Gasteiger charge is 2.28. The minimum Gasteiger partial charge on any atom is -0.325 e. The molecule has 0 spiro atoms. The van der Waals surface area contributed by atoms with E-state index in [2.05, 4.69) is 11.8 Å². The highest BCUT2D eigenvalue weighted by Crippen LogP contribution is 2.29. The van der Waals surface area contributed by atoms with Gasteiger partial charge >= 0.3 is 6.03 Å². The Morgan fingerprint density at radius 2 is 1.72 bits per heavy atom. The molecule has 3 nitrogen and oxygen atoms in total. The average molecular weight is 252 g/mol. The Bertz CT molecular complexity index is 266. The van der Waals surface area contributed by atoms with Crippen molar-refractivity contribution in [1.82, 2.24) is 9.80 Å². The molecule has 1 aliphatic heterocycles. The van der Waals surface area contributed by atoms with Gasteiger partial charge in [0.15, 0.2) is 0 Å². The summed E-state index contributed by atoms with van der Waals surface area (Å²) in [6.45, 7) is 4.22. The van der Waals surface area contributed by atoms with Crippen molar-refractivity contribution in [3.05, 3.63) is 0 Å². The van der Waals surface area contributed by atoms with Crippen molar-refractivity contribution in [2.75, 3.05) is 20.1 Å². The predicted octanol–water partition coefficient (Wildman–Crippen LogP) is 3.49. The summed E-state index contributed by atoms with van der Waals surface area (Å²) in [4.78, 5) is 16.5. The van der Waals surface area contributed by atoms with Crippen LogP contribution in [0.1, 0.15) is 58.3 Å². The molecule has 0 atom stereocenters. The van der Waals surface area contributed by atoms with Gasteiger partial charge in [-0.3, -0.25) is 0 Å². The van der Waals surface area contributed by atoms with E-state index >= 15 is 0 Å². The molecular weight excluding hydrogens is 224 g/mol. The molecule has 3 heteroatoms. The fourth-order valence-electron chi connectivity index (χ4n) is 3.40. The number of carbonyl (C=O) groups excluding carboxylic acids is 1. The molecule has 0 aromatic carbocycles. The highest BCUT2D eigenvalue weighted by atomic mass is 16.2. The third kappa shape index (κ3) is 3.18. The molecule has 1 aliphatic carbocycles. The zero-order valence-electron chi connectivity index (χ0n) is 12.0. The van der Waals surface area contributed by atoms with Gasteiger partial charge in [0, 0.05) is 26.2 Å². The molecule has 1 saturated heterocycles. The van der Waals surface area contributed by atoms with Crippen molar-refractivity contribution >= 4 is 6.03 Å². The molecule has 2 aliphatic rings. The van der Waals surface area contributed by atoms with E-state index in [9.17, 15) is 4.79 Å². The standard InChI is InChI=1S/C15H28N2O/c1-3-13-7-9-14(10-8-13)16(2)15(18)17-11-5-4-6-12-17/h13-14H,3-12H2,1-2H3. The fraction of sp³-hybridized carbons (Fsp3) is 0.933. The van der Waals surface area contributed by atoms with Crippen LogP contribution in [0, 0.1) is 5.92 Å². The first kappa shape index (κ1) is 13.7. The Balaban J connectivity index is 1.83. The SMILES string of the molecule is CCC1CCC(N(C)C(=O)N2CCCCC2)CC1. The van der Waals surface area contributed by atoms with Crippen molar-refractivity contribution in [1.29, 1.82) is 0 Å². The van der Waals surface area contributed by atoms with Gasteiger partial charge in [-0.05, 0) is 50.9 Å². The summed E-state index contributed by atoms with van der Waals surface area (Å²) in [5.74, 6) is 0.903. The maximum Gasteiger partial charge on any atom is 0.319 e. The number of rotatable bonds is 2. The number of nitrogens with zero attached hydrogens (tertiary/aromatic N) is 2. The van der Waals surface area contributed by atoms with Crippen molar-refractivity contribution in [3.8, 4) is 0 Å². The van der Waals surface area contributed by atoms with Crippen LogP contribution in [0.15, 0.2) is 0 Å². The lowest BCUT2D eigenvalue weighted by Crippen LogP contribution is -2.48. The first-order valence-corrected chi connectivity index (χ1v) is 7.74. The number of amides is 2. The first-order valence-electron chi connectivity index (χ1n) is 7.74. The van der Waals surface area contributed by atoms with Gasteiger partial charge in [-0.25, -0.2) is 4.79 Å². The van der Waals surface area contributed by atoms with E-state index in [0.717, 1.165) is 19.0 Å². The van der Waals surface area contributed by atoms with E-state index in [0.29, 0.717) is 6.04 Å². The molecule has 2 rings (SSSR count). The molecule has 2 amide bonds. The Morgan fingerprint density at radius 1 is 1.11 bits per heavy atom. The summed E-state index contributed by atoms with van der Waals surface area (Å²) < 4.78 is 0. The maximum atomic E-state index is 12.4. The second kappa shape index (κ2) is 6.44. The molecule has 0 aromatic heterocycles. The molecule has 1 heterocycles. The largest absolute Gasteiger partial charge is 0.325 e. The van der Waals surface area contributed by atoms with Gasteiger partial charge < -0.3 is 9.80 Å². The molecule has 1 saturated carbocycles. The van der Waals surface area contributed by atoms with Crippen molar-refractivity contribution in [2.24, 2.45) is 5.92 Å². The van der Waals surface area contributed by atoms with Crippen molar-refractivity contribution < 1.29 is 4.79 Å². The fourth-order valence-corrected chi connectivity index (χ4v) is 3.40. The molecule has 0 bridgehead atoms. The Morgan fingerprint density at radius 3 is 2.28 bits per heavy atom. The monoisotopic (exact) mass is 252 g/mol. The van der Waals surface area contributed by atoms with Crippen molar-refractivity contribution in [2.45, 2.75) is 64.3 Å². The number of hydrogen-bond acceptors (Lipinski definition) is 1. The Kier molecular flexibility index (Phi) is 4.90. The minimum atomic E-state index is 0.273. The van der Waals surface area contributed by atoms with E-state index in [-0.39, 0.29) is 6.03 Å². The summed E-state index contributed by atoms with van der Waals surface area (Å²) in [6.07, 6.45) is 9.97. The molecule has 0 N–H and O–H groups in total. The Hall–Kier alpha value is -0.730. The molecule has 104 valence electrons. The minimum absolute atomic E-state index is 0.273. The van der Waals surface area contributed by atoms with E-state index < -0.39 is 0 Å². The molecule has 18 heavy (non-hydrogen) atoms. The van der Waals surface area contributed by atoms with Crippen LogP contribution in [-0.2, 0) is 0 Å². The first-order chi connectivity index (χ1) is 8.72. The lowest BCUT2D eigenvalue weighted by atomic mass is 9.84. The number of piperidine rings is 1. The average Bonchev–Trinajstić information content (AvgIpc) is 2.47. The van der Waals surface area contributed by atoms with Gasteiger partial charge in [0.25, 0.3) is 0 Å².